The lowest BCUT2D eigenvalue weighted by atomic mass is 10.2. The molecule has 0 aliphatic heterocycles. The largest absolute Gasteiger partial charge is 0.506 e. The van der Waals surface area contributed by atoms with Crippen molar-refractivity contribution in [1.82, 2.24) is 25.2 Å². The Balaban J connectivity index is 1.51. The number of hydrazone groups is 1. The second-order valence-electron chi connectivity index (χ2n) is 7.22. The number of amides is 1. The highest BCUT2D eigenvalue weighted by molar-refractivity contribution is 9.11. The molecule has 0 radical (unpaired) electrons. The standard InChI is InChI=1S/C24H20Br2N6O3S/c1-2-35-19-7-5-18(6-8-19)32-23(15-4-3-9-27-12-15)30-31-24(32)36-14-21(33)29-28-13-16-10-17(25)11-20(26)22(16)34/h3-13,34H,2,14H2,1H3,(H,29,33)/b28-13+. The highest BCUT2D eigenvalue weighted by atomic mass is 79.9. The molecule has 0 atom stereocenters. The number of carbonyl (C=O) groups excluding carboxylic acids is 1. The number of ether oxygens (including phenoxy) is 1. The monoisotopic (exact) mass is 630 g/mol. The number of benzene rings is 2. The predicted molar refractivity (Wildman–Crippen MR) is 146 cm³/mol. The highest BCUT2D eigenvalue weighted by Crippen LogP contribution is 2.31. The lowest BCUT2D eigenvalue weighted by Crippen LogP contribution is -2.20. The Morgan fingerprint density at radius 2 is 2.03 bits per heavy atom. The first-order valence-electron chi connectivity index (χ1n) is 10.7. The van der Waals surface area contributed by atoms with Crippen molar-refractivity contribution < 1.29 is 14.6 Å². The van der Waals surface area contributed by atoms with Crippen LogP contribution in [0.3, 0.4) is 0 Å². The summed E-state index contributed by atoms with van der Waals surface area (Å²) in [5.41, 5.74) is 4.53. The molecular formula is C24H20Br2N6O3S. The number of aromatic hydroxyl groups is 1. The fourth-order valence-electron chi connectivity index (χ4n) is 3.16. The predicted octanol–water partition coefficient (Wildman–Crippen LogP) is 5.20. The third-order valence-electron chi connectivity index (χ3n) is 4.74. The van der Waals surface area contributed by atoms with Crippen molar-refractivity contribution >= 4 is 55.7 Å². The van der Waals surface area contributed by atoms with E-state index in [1.807, 2.05) is 47.9 Å². The van der Waals surface area contributed by atoms with Gasteiger partial charge in [0.1, 0.15) is 11.5 Å². The Hall–Kier alpha value is -3.22. The molecule has 1 amide bonds. The summed E-state index contributed by atoms with van der Waals surface area (Å²) in [7, 11) is 0. The molecular weight excluding hydrogens is 612 g/mol. The third-order valence-corrected chi connectivity index (χ3v) is 6.73. The molecule has 2 heterocycles. The summed E-state index contributed by atoms with van der Waals surface area (Å²) in [6.45, 7) is 2.50. The van der Waals surface area contributed by atoms with Crippen LogP contribution in [0.25, 0.3) is 17.1 Å². The Morgan fingerprint density at radius 3 is 2.75 bits per heavy atom. The van der Waals surface area contributed by atoms with Crippen LogP contribution < -0.4 is 10.2 Å². The van der Waals surface area contributed by atoms with E-state index in [2.05, 4.69) is 57.6 Å². The quantitative estimate of drug-likeness (QED) is 0.148. The van der Waals surface area contributed by atoms with Gasteiger partial charge < -0.3 is 9.84 Å². The molecule has 2 N–H and O–H groups in total. The van der Waals surface area contributed by atoms with Crippen LogP contribution in [-0.4, -0.2) is 49.3 Å². The van der Waals surface area contributed by atoms with Crippen molar-refractivity contribution in [3.63, 3.8) is 0 Å². The van der Waals surface area contributed by atoms with Crippen LogP contribution in [0, 0.1) is 0 Å². The van der Waals surface area contributed by atoms with Gasteiger partial charge in [0, 0.05) is 33.7 Å². The van der Waals surface area contributed by atoms with Crippen molar-refractivity contribution in [3.05, 3.63) is 75.4 Å². The Bertz CT molecular complexity index is 1380. The minimum atomic E-state index is -0.339. The summed E-state index contributed by atoms with van der Waals surface area (Å²) in [6.07, 6.45) is 4.77. The summed E-state index contributed by atoms with van der Waals surface area (Å²) < 4.78 is 8.69. The molecule has 0 aliphatic rings. The van der Waals surface area contributed by atoms with Crippen molar-refractivity contribution in [3.8, 4) is 28.6 Å². The number of pyridine rings is 1. The van der Waals surface area contributed by atoms with Crippen molar-refractivity contribution in [2.75, 3.05) is 12.4 Å². The van der Waals surface area contributed by atoms with Crippen molar-refractivity contribution in [2.24, 2.45) is 5.10 Å². The number of hydrogen-bond donors (Lipinski definition) is 2. The number of halogens is 2. The van der Waals surface area contributed by atoms with E-state index in [9.17, 15) is 9.90 Å². The molecule has 2 aromatic heterocycles. The molecule has 36 heavy (non-hydrogen) atoms. The zero-order chi connectivity index (χ0) is 25.5. The van der Waals surface area contributed by atoms with Crippen LogP contribution in [0.15, 0.2) is 80.1 Å². The van der Waals surface area contributed by atoms with Gasteiger partial charge >= 0.3 is 0 Å². The SMILES string of the molecule is CCOc1ccc(-n2c(SCC(=O)N/N=C/c3cc(Br)cc(Br)c3O)nnc2-c2cccnc2)cc1. The number of nitrogens with zero attached hydrogens (tertiary/aromatic N) is 5. The minimum absolute atomic E-state index is 0.0250. The fraction of sp³-hybridized carbons (Fsp3) is 0.125. The molecule has 4 aromatic rings. The maximum atomic E-state index is 12.5. The molecule has 0 saturated carbocycles. The van der Waals surface area contributed by atoms with Crippen LogP contribution in [0.4, 0.5) is 0 Å². The van der Waals surface area contributed by atoms with Gasteiger partial charge in [-0.3, -0.25) is 14.3 Å². The zero-order valence-electron chi connectivity index (χ0n) is 18.9. The molecule has 0 bridgehead atoms. The van der Waals surface area contributed by atoms with E-state index >= 15 is 0 Å². The van der Waals surface area contributed by atoms with Crippen molar-refractivity contribution in [2.45, 2.75) is 12.1 Å². The van der Waals surface area contributed by atoms with Crippen LogP contribution in [-0.2, 0) is 4.79 Å². The summed E-state index contributed by atoms with van der Waals surface area (Å²) in [5, 5.41) is 23.3. The van der Waals surface area contributed by atoms with Crippen molar-refractivity contribution in [1.29, 1.82) is 0 Å². The van der Waals surface area contributed by atoms with Gasteiger partial charge in [0.2, 0.25) is 0 Å². The molecule has 184 valence electrons. The molecule has 12 heteroatoms. The maximum Gasteiger partial charge on any atom is 0.250 e. The molecule has 0 unspecified atom stereocenters. The van der Waals surface area contributed by atoms with Gasteiger partial charge in [-0.15, -0.1) is 10.2 Å². The number of nitrogens with one attached hydrogen (secondary N) is 1. The van der Waals surface area contributed by atoms with Crippen LogP contribution in [0.1, 0.15) is 12.5 Å². The average Bonchev–Trinajstić information content (AvgIpc) is 3.31. The van der Waals surface area contributed by atoms with Gasteiger partial charge in [-0.2, -0.15) is 5.10 Å². The molecule has 0 fully saturated rings. The molecule has 4 rings (SSSR count). The average molecular weight is 632 g/mol. The first kappa shape index (κ1) is 25.9. The van der Waals surface area contributed by atoms with Gasteiger partial charge in [-0.05, 0) is 71.4 Å². The lowest BCUT2D eigenvalue weighted by molar-refractivity contribution is -0.118. The Labute approximate surface area is 228 Å². The molecule has 0 spiro atoms. The van der Waals surface area contributed by atoms with E-state index in [0.717, 1.165) is 21.5 Å². The second kappa shape index (κ2) is 12.2. The van der Waals surface area contributed by atoms with E-state index in [1.165, 1.54) is 18.0 Å². The van der Waals surface area contributed by atoms with Gasteiger partial charge in [0.25, 0.3) is 5.91 Å². The smallest absolute Gasteiger partial charge is 0.250 e. The van der Waals surface area contributed by atoms with E-state index < -0.39 is 0 Å². The Morgan fingerprint density at radius 1 is 1.22 bits per heavy atom. The number of phenolic OH excluding ortho intramolecular Hbond substituents is 1. The van der Waals surface area contributed by atoms with E-state index in [-0.39, 0.29) is 17.4 Å². The summed E-state index contributed by atoms with van der Waals surface area (Å²) in [6, 6.07) is 14.7. The van der Waals surface area contributed by atoms with E-state index in [1.54, 1.807) is 24.5 Å². The van der Waals surface area contributed by atoms with Crippen LogP contribution >= 0.6 is 43.6 Å². The second-order valence-corrected chi connectivity index (χ2v) is 9.93. The third kappa shape index (κ3) is 6.31. The maximum absolute atomic E-state index is 12.5. The number of aromatic nitrogens is 4. The molecule has 0 saturated heterocycles. The zero-order valence-corrected chi connectivity index (χ0v) is 22.9. The molecule has 0 aliphatic carbocycles. The number of hydrogen-bond acceptors (Lipinski definition) is 8. The van der Waals surface area contributed by atoms with E-state index in [4.69, 9.17) is 4.74 Å². The highest BCUT2D eigenvalue weighted by Gasteiger charge is 2.17. The molecule has 2 aromatic carbocycles. The number of rotatable bonds is 9. The van der Waals surface area contributed by atoms with Gasteiger partial charge in [-0.1, -0.05) is 27.7 Å². The lowest BCUT2D eigenvalue weighted by Gasteiger charge is -2.11. The minimum Gasteiger partial charge on any atom is -0.506 e. The summed E-state index contributed by atoms with van der Waals surface area (Å²) in [4.78, 5) is 16.6. The topological polar surface area (TPSA) is 115 Å². The normalized spacial score (nSPS) is 11.1. The molecule has 9 nitrogen and oxygen atoms in total. The van der Waals surface area contributed by atoms with Crippen LogP contribution in [0.5, 0.6) is 11.5 Å². The number of thioether (sulfide) groups is 1. The first-order valence-corrected chi connectivity index (χ1v) is 13.2. The number of carbonyl (C=O) groups is 1. The van der Waals surface area contributed by atoms with Crippen LogP contribution in [0.2, 0.25) is 0 Å². The Kier molecular flexibility index (Phi) is 8.73. The fourth-order valence-corrected chi connectivity index (χ4v) is 5.16. The first-order chi connectivity index (χ1) is 17.5. The van der Waals surface area contributed by atoms with E-state index in [0.29, 0.717) is 27.6 Å². The van der Waals surface area contributed by atoms with Gasteiger partial charge in [0.15, 0.2) is 11.0 Å². The summed E-state index contributed by atoms with van der Waals surface area (Å²) >= 11 is 7.84. The van der Waals surface area contributed by atoms with Gasteiger partial charge in [0.05, 0.1) is 23.0 Å². The van der Waals surface area contributed by atoms with Gasteiger partial charge in [-0.25, -0.2) is 5.43 Å². The number of phenols is 1. The summed E-state index contributed by atoms with van der Waals surface area (Å²) in [5.74, 6) is 1.09.